The summed E-state index contributed by atoms with van der Waals surface area (Å²) in [5.74, 6) is 3.22. The Morgan fingerprint density at radius 3 is 2.55 bits per heavy atom. The molecule has 0 aliphatic rings. The molecule has 3 N–H and O–H groups in total. The molecule has 2 rings (SSSR count). The van der Waals surface area contributed by atoms with E-state index in [1.807, 2.05) is 5.43 Å². The van der Waals surface area contributed by atoms with Gasteiger partial charge in [0.25, 0.3) is 0 Å². The van der Waals surface area contributed by atoms with E-state index in [2.05, 4.69) is 15.0 Å². The van der Waals surface area contributed by atoms with Crippen LogP contribution in [0, 0.1) is 0 Å². The van der Waals surface area contributed by atoms with Gasteiger partial charge >= 0.3 is 6.18 Å². The fraction of sp³-hybridized carbons (Fsp3) is 0.100. The predicted octanol–water partition coefficient (Wildman–Crippen LogP) is 2.62. The average Bonchev–Trinajstić information content (AvgIpc) is 2.37. The summed E-state index contributed by atoms with van der Waals surface area (Å²) >= 11 is 5.69. The summed E-state index contributed by atoms with van der Waals surface area (Å²) in [6.07, 6.45) is -2.10. The van der Waals surface area contributed by atoms with E-state index in [1.165, 1.54) is 18.5 Å². The van der Waals surface area contributed by atoms with Gasteiger partial charge in [-0.15, -0.1) is 0 Å². The Labute approximate surface area is 115 Å². The maximum absolute atomic E-state index is 12.6. The molecule has 0 radical (unpaired) electrons. The van der Waals surface area contributed by atoms with Crippen molar-refractivity contribution in [1.29, 1.82) is 0 Å². The summed E-state index contributed by atoms with van der Waals surface area (Å²) in [7, 11) is 0. The summed E-state index contributed by atoms with van der Waals surface area (Å²) in [4.78, 5) is 10.2. The molecule has 0 bridgehead atoms. The van der Waals surface area contributed by atoms with Crippen LogP contribution >= 0.6 is 11.6 Å². The molecule has 0 amide bonds. The molecule has 0 fully saturated rings. The van der Waals surface area contributed by atoms with Crippen molar-refractivity contribution in [3.05, 3.63) is 35.4 Å². The highest BCUT2D eigenvalue weighted by Gasteiger charge is 2.35. The van der Waals surface area contributed by atoms with E-state index in [4.69, 9.17) is 22.2 Å². The minimum absolute atomic E-state index is 0.132. The van der Waals surface area contributed by atoms with E-state index >= 15 is 0 Å². The van der Waals surface area contributed by atoms with Gasteiger partial charge in [0, 0.05) is 18.3 Å². The quantitative estimate of drug-likeness (QED) is 0.669. The zero-order valence-corrected chi connectivity index (χ0v) is 10.4. The second-order valence-corrected chi connectivity index (χ2v) is 3.93. The van der Waals surface area contributed by atoms with Crippen molar-refractivity contribution in [2.24, 2.45) is 5.84 Å². The molecule has 0 aliphatic carbocycles. The molecule has 2 aromatic rings. The molecule has 0 aliphatic heterocycles. The van der Waals surface area contributed by atoms with E-state index in [0.717, 1.165) is 6.07 Å². The highest BCUT2D eigenvalue weighted by molar-refractivity contribution is 6.30. The van der Waals surface area contributed by atoms with Gasteiger partial charge in [-0.1, -0.05) is 11.6 Å². The van der Waals surface area contributed by atoms with Crippen LogP contribution in [0.3, 0.4) is 0 Å². The van der Waals surface area contributed by atoms with Crippen LogP contribution in [-0.2, 0) is 6.18 Å². The maximum Gasteiger partial charge on any atom is 0.451 e. The van der Waals surface area contributed by atoms with Crippen LogP contribution in [0.2, 0.25) is 5.02 Å². The van der Waals surface area contributed by atoms with Crippen LogP contribution in [0.25, 0.3) is 0 Å². The Kier molecular flexibility index (Phi) is 3.91. The SMILES string of the molecule is NNc1cc(Oc2cncc(Cl)c2)nc(C(F)(F)F)n1. The Bertz CT molecular complexity index is 622. The lowest BCUT2D eigenvalue weighted by Gasteiger charge is -2.10. The third-order valence-corrected chi connectivity index (χ3v) is 2.21. The third kappa shape index (κ3) is 3.45. The third-order valence-electron chi connectivity index (χ3n) is 2.01. The Hall–Kier alpha value is -2.13. The van der Waals surface area contributed by atoms with Crippen LogP contribution < -0.4 is 16.0 Å². The lowest BCUT2D eigenvalue weighted by atomic mass is 10.4. The van der Waals surface area contributed by atoms with Crippen molar-refractivity contribution in [3.8, 4) is 11.6 Å². The molecule has 20 heavy (non-hydrogen) atoms. The second-order valence-electron chi connectivity index (χ2n) is 3.50. The smallest absolute Gasteiger partial charge is 0.437 e. The second kappa shape index (κ2) is 5.47. The molecule has 2 aromatic heterocycles. The number of nitrogens with two attached hydrogens (primary N) is 1. The number of nitrogen functional groups attached to an aromatic ring is 1. The van der Waals surface area contributed by atoms with Gasteiger partial charge in [0.05, 0.1) is 11.2 Å². The minimum atomic E-state index is -4.72. The van der Waals surface area contributed by atoms with Crippen molar-refractivity contribution >= 4 is 17.4 Å². The number of aromatic nitrogens is 3. The number of ether oxygens (including phenoxy) is 1. The number of alkyl halides is 3. The first-order valence-electron chi connectivity index (χ1n) is 5.10. The molecule has 6 nitrogen and oxygen atoms in total. The number of anilines is 1. The van der Waals surface area contributed by atoms with Crippen LogP contribution in [-0.4, -0.2) is 15.0 Å². The Balaban J connectivity index is 2.36. The van der Waals surface area contributed by atoms with Crippen LogP contribution in [0.4, 0.5) is 19.0 Å². The summed E-state index contributed by atoms with van der Waals surface area (Å²) in [5.41, 5.74) is 2.00. The van der Waals surface area contributed by atoms with Gasteiger partial charge in [0.2, 0.25) is 11.7 Å². The zero-order chi connectivity index (χ0) is 14.8. The molecule has 0 spiro atoms. The van der Waals surface area contributed by atoms with Gasteiger partial charge in [-0.2, -0.15) is 18.2 Å². The van der Waals surface area contributed by atoms with E-state index in [9.17, 15) is 13.2 Å². The molecule has 106 valence electrons. The van der Waals surface area contributed by atoms with Crippen LogP contribution in [0.1, 0.15) is 5.82 Å². The summed E-state index contributed by atoms with van der Waals surface area (Å²) in [5, 5.41) is 0.268. The van der Waals surface area contributed by atoms with Gasteiger partial charge in [-0.3, -0.25) is 4.98 Å². The van der Waals surface area contributed by atoms with Gasteiger partial charge in [-0.05, 0) is 0 Å². The molecular formula is C10H7ClF3N5O. The number of hydrogen-bond donors (Lipinski definition) is 2. The Morgan fingerprint density at radius 1 is 1.20 bits per heavy atom. The van der Waals surface area contributed by atoms with Crippen molar-refractivity contribution < 1.29 is 17.9 Å². The van der Waals surface area contributed by atoms with E-state index in [1.54, 1.807) is 0 Å². The van der Waals surface area contributed by atoms with Crippen molar-refractivity contribution in [1.82, 2.24) is 15.0 Å². The molecule has 0 saturated carbocycles. The number of hydrogen-bond acceptors (Lipinski definition) is 6. The fourth-order valence-corrected chi connectivity index (χ4v) is 1.41. The van der Waals surface area contributed by atoms with Crippen molar-refractivity contribution in [3.63, 3.8) is 0 Å². The molecule has 0 saturated heterocycles. The van der Waals surface area contributed by atoms with Gasteiger partial charge < -0.3 is 10.2 Å². The number of rotatable bonds is 3. The number of halogens is 4. The number of hydrazine groups is 1. The van der Waals surface area contributed by atoms with Crippen LogP contribution in [0.5, 0.6) is 11.6 Å². The van der Waals surface area contributed by atoms with E-state index in [0.29, 0.717) is 0 Å². The van der Waals surface area contributed by atoms with Gasteiger partial charge in [0.15, 0.2) is 0 Å². The van der Waals surface area contributed by atoms with Crippen molar-refractivity contribution in [2.45, 2.75) is 6.18 Å². The molecule has 0 unspecified atom stereocenters. The first-order chi connectivity index (χ1) is 9.38. The van der Waals surface area contributed by atoms with E-state index < -0.39 is 12.0 Å². The summed E-state index contributed by atoms with van der Waals surface area (Å²) < 4.78 is 43.0. The standard InChI is InChI=1S/C10H7ClF3N5O/c11-5-1-6(4-16-3-5)20-8-2-7(19-15)17-9(18-8)10(12,13)14/h1-4H,15H2,(H,17,18,19). The summed E-state index contributed by atoms with van der Waals surface area (Å²) in [6.45, 7) is 0. The largest absolute Gasteiger partial charge is 0.451 e. The Morgan fingerprint density at radius 2 is 1.95 bits per heavy atom. The molecule has 2 heterocycles. The summed E-state index contributed by atoms with van der Waals surface area (Å²) in [6, 6.07) is 2.48. The maximum atomic E-state index is 12.6. The molecule has 0 aromatic carbocycles. The first-order valence-corrected chi connectivity index (χ1v) is 5.47. The lowest BCUT2D eigenvalue weighted by Crippen LogP contribution is -2.16. The normalized spacial score (nSPS) is 11.2. The van der Waals surface area contributed by atoms with Crippen LogP contribution in [0.15, 0.2) is 24.5 Å². The zero-order valence-electron chi connectivity index (χ0n) is 9.65. The predicted molar refractivity (Wildman–Crippen MR) is 64.2 cm³/mol. The lowest BCUT2D eigenvalue weighted by molar-refractivity contribution is -0.145. The highest BCUT2D eigenvalue weighted by atomic mass is 35.5. The molecular weight excluding hydrogens is 299 g/mol. The number of nitrogens with one attached hydrogen (secondary N) is 1. The molecule has 10 heteroatoms. The average molecular weight is 306 g/mol. The number of nitrogens with zero attached hydrogens (tertiary/aromatic N) is 3. The number of pyridine rings is 1. The first kappa shape index (κ1) is 14.3. The highest BCUT2D eigenvalue weighted by Crippen LogP contribution is 2.30. The van der Waals surface area contributed by atoms with Gasteiger partial charge in [-0.25, -0.2) is 10.8 Å². The topological polar surface area (TPSA) is 86.0 Å². The fourth-order valence-electron chi connectivity index (χ4n) is 1.25. The van der Waals surface area contributed by atoms with E-state index in [-0.39, 0.29) is 22.5 Å². The molecule has 0 atom stereocenters. The van der Waals surface area contributed by atoms with Crippen molar-refractivity contribution in [2.75, 3.05) is 5.43 Å². The van der Waals surface area contributed by atoms with Gasteiger partial charge in [0.1, 0.15) is 11.6 Å². The monoisotopic (exact) mass is 305 g/mol. The minimum Gasteiger partial charge on any atom is -0.437 e.